The third kappa shape index (κ3) is 7.83. The van der Waals surface area contributed by atoms with Gasteiger partial charge in [0.1, 0.15) is 23.7 Å². The second-order valence-corrected chi connectivity index (χ2v) is 14.2. The van der Waals surface area contributed by atoms with E-state index >= 15 is 0 Å². The van der Waals surface area contributed by atoms with Gasteiger partial charge in [0.15, 0.2) is 5.78 Å². The van der Waals surface area contributed by atoms with E-state index in [0.717, 1.165) is 25.7 Å². The molecule has 4 aliphatic rings. The van der Waals surface area contributed by atoms with Crippen LogP contribution < -0.4 is 26.0 Å². The number of hydrogen-bond acceptors (Lipinski definition) is 9. The van der Waals surface area contributed by atoms with Crippen molar-refractivity contribution in [3.05, 3.63) is 29.3 Å². The highest BCUT2D eigenvalue weighted by molar-refractivity contribution is 7.89. The average molecular weight is 634 g/mol. The van der Waals surface area contributed by atoms with Crippen molar-refractivity contribution in [2.24, 2.45) is 5.92 Å². The van der Waals surface area contributed by atoms with Crippen LogP contribution in [-0.4, -0.2) is 94.6 Å². The van der Waals surface area contributed by atoms with Crippen LogP contribution in [0.4, 0.5) is 0 Å². The molecular weight excluding hydrogens is 590 g/mol. The van der Waals surface area contributed by atoms with Gasteiger partial charge in [-0.3, -0.25) is 19.2 Å². The Labute approximate surface area is 258 Å². The largest absolute Gasteiger partial charge is 0.378 e. The zero-order valence-corrected chi connectivity index (χ0v) is 26.1. The normalized spacial score (nSPS) is 26.5. The van der Waals surface area contributed by atoms with Gasteiger partial charge in [-0.25, -0.2) is 13.1 Å². The van der Waals surface area contributed by atoms with Crippen LogP contribution in [0, 0.1) is 5.92 Å². The minimum atomic E-state index is -3.60. The zero-order chi connectivity index (χ0) is 31.5. The predicted octanol–water partition coefficient (Wildman–Crippen LogP) is -0.535. The van der Waals surface area contributed by atoms with E-state index in [-0.39, 0.29) is 30.3 Å². The molecule has 1 aromatic rings. The summed E-state index contributed by atoms with van der Waals surface area (Å²) in [5.41, 5.74) is 0.351. The van der Waals surface area contributed by atoms with Gasteiger partial charge in [0.25, 0.3) is 0 Å². The summed E-state index contributed by atoms with van der Waals surface area (Å²) in [6, 6.07) is 1.44. The van der Waals surface area contributed by atoms with Crippen LogP contribution >= 0.6 is 0 Å². The lowest BCUT2D eigenvalue weighted by molar-refractivity contribution is -0.134. The number of epoxide rings is 1. The van der Waals surface area contributed by atoms with Crippen molar-refractivity contribution < 1.29 is 37.1 Å². The van der Waals surface area contributed by atoms with Crippen molar-refractivity contribution in [3.8, 4) is 0 Å². The van der Waals surface area contributed by atoms with Crippen LogP contribution in [0.1, 0.15) is 57.1 Å². The van der Waals surface area contributed by atoms with Gasteiger partial charge in [0, 0.05) is 19.5 Å². The molecule has 13 nitrogen and oxygen atoms in total. The van der Waals surface area contributed by atoms with Gasteiger partial charge in [0.05, 0.1) is 30.8 Å². The average Bonchev–Trinajstić information content (AvgIpc) is 3.54. The van der Waals surface area contributed by atoms with Crippen LogP contribution in [0.2, 0.25) is 0 Å². The first-order valence-corrected chi connectivity index (χ1v) is 17.0. The van der Waals surface area contributed by atoms with Gasteiger partial charge in [-0.1, -0.05) is 37.8 Å². The topological polar surface area (TPSA) is 184 Å². The molecule has 1 saturated carbocycles. The molecule has 2 saturated heterocycles. The summed E-state index contributed by atoms with van der Waals surface area (Å²) < 4.78 is 38.1. The van der Waals surface area contributed by atoms with Gasteiger partial charge in [-0.15, -0.1) is 0 Å². The van der Waals surface area contributed by atoms with Crippen molar-refractivity contribution in [2.75, 3.05) is 32.9 Å². The lowest BCUT2D eigenvalue weighted by atomic mass is 9.90. The van der Waals surface area contributed by atoms with E-state index in [1.54, 1.807) is 19.1 Å². The molecule has 5 N–H and O–H groups in total. The molecule has 3 heterocycles. The van der Waals surface area contributed by atoms with Crippen molar-refractivity contribution in [2.45, 2.75) is 93.5 Å². The number of Topliss-reactive ketones (excluding diaryl/α,β-unsaturated/α-hetero) is 1. The Morgan fingerprint density at radius 2 is 1.77 bits per heavy atom. The summed E-state index contributed by atoms with van der Waals surface area (Å²) in [6.07, 6.45) is 5.18. The molecular formula is C30H43N5O8S. The van der Waals surface area contributed by atoms with E-state index in [9.17, 15) is 27.6 Å². The Kier molecular flexibility index (Phi) is 10.0. The van der Waals surface area contributed by atoms with Crippen molar-refractivity contribution >= 4 is 33.5 Å². The van der Waals surface area contributed by atoms with Crippen molar-refractivity contribution in [1.82, 2.24) is 26.0 Å². The minimum Gasteiger partial charge on any atom is -0.378 e. The predicted molar refractivity (Wildman–Crippen MR) is 159 cm³/mol. The van der Waals surface area contributed by atoms with E-state index in [1.807, 2.05) is 0 Å². The monoisotopic (exact) mass is 633 g/mol. The summed E-state index contributed by atoms with van der Waals surface area (Å²) in [6.45, 7) is 5.02. The number of fused-ring (bicyclic) bond motifs is 1. The van der Waals surface area contributed by atoms with E-state index in [2.05, 4.69) is 26.0 Å². The summed E-state index contributed by atoms with van der Waals surface area (Å²) in [5.74, 6) is -1.37. The molecule has 242 valence electrons. The lowest BCUT2D eigenvalue weighted by Crippen LogP contribution is -2.59. The summed E-state index contributed by atoms with van der Waals surface area (Å²) in [4.78, 5) is 53.5. The van der Waals surface area contributed by atoms with E-state index < -0.39 is 57.5 Å². The number of ether oxygens (including phenoxy) is 2. The molecule has 3 fully saturated rings. The van der Waals surface area contributed by atoms with Crippen molar-refractivity contribution in [1.29, 1.82) is 0 Å². The van der Waals surface area contributed by atoms with Crippen LogP contribution in [-0.2, 0) is 51.5 Å². The Morgan fingerprint density at radius 3 is 2.45 bits per heavy atom. The second-order valence-electron chi connectivity index (χ2n) is 12.5. The highest BCUT2D eigenvalue weighted by Gasteiger charge is 2.50. The molecule has 3 amide bonds. The standard InChI is InChI=1S/C30H43N5O8S/c1-18(33-29(39)24-16-42-12-11-31-24)27(37)35-23(15-20-7-8-25-21(13-20)9-10-32-44(25,40)41)28(38)34-22(14-19-5-3-4-6-19)26(36)30(2)17-43-30/h7-8,13,18-19,22-24,31-32H,3-6,9-12,14-17H2,1-2H3,(H,33,39)(H,34,38)(H,35,37)/t18-,22-,23-,24-,30+/m0/s1. The fraction of sp³-hybridized carbons (Fsp3) is 0.667. The Morgan fingerprint density at radius 1 is 1.05 bits per heavy atom. The number of ketones is 1. The van der Waals surface area contributed by atoms with Gasteiger partial charge < -0.3 is 30.7 Å². The number of nitrogens with one attached hydrogen (secondary N) is 5. The number of benzene rings is 1. The smallest absolute Gasteiger partial charge is 0.243 e. The van der Waals surface area contributed by atoms with Crippen LogP contribution in [0.15, 0.2) is 23.1 Å². The Hall–Kier alpha value is -2.91. The van der Waals surface area contributed by atoms with E-state index in [0.29, 0.717) is 49.6 Å². The third-order valence-electron chi connectivity index (χ3n) is 8.94. The first-order valence-electron chi connectivity index (χ1n) is 15.5. The molecule has 5 atom stereocenters. The third-order valence-corrected chi connectivity index (χ3v) is 10.5. The SMILES string of the molecule is C[C@H](NC(=O)[C@@H]1COCCN1)C(=O)N[C@@H](Cc1ccc2c(c1)CCNS2(=O)=O)C(=O)N[C@@H](CC1CCCC1)C(=O)[C@@]1(C)CO1. The number of rotatable bonds is 12. The maximum absolute atomic E-state index is 13.9. The molecule has 14 heteroatoms. The van der Waals surface area contributed by atoms with E-state index in [4.69, 9.17) is 9.47 Å². The van der Waals surface area contributed by atoms with Gasteiger partial charge >= 0.3 is 0 Å². The number of sulfonamides is 1. The molecule has 1 aromatic carbocycles. The highest BCUT2D eigenvalue weighted by Crippen LogP contribution is 2.33. The number of morpholine rings is 1. The molecule has 0 bridgehead atoms. The summed E-state index contributed by atoms with van der Waals surface area (Å²) >= 11 is 0. The molecule has 0 unspecified atom stereocenters. The molecule has 0 spiro atoms. The lowest BCUT2D eigenvalue weighted by Gasteiger charge is -2.27. The van der Waals surface area contributed by atoms with Gasteiger partial charge in [0.2, 0.25) is 27.7 Å². The number of carbonyl (C=O) groups excluding carboxylic acids is 4. The number of carbonyl (C=O) groups is 4. The van der Waals surface area contributed by atoms with Gasteiger partial charge in [-0.05, 0) is 49.8 Å². The molecule has 44 heavy (non-hydrogen) atoms. The molecule has 0 aromatic heterocycles. The maximum atomic E-state index is 13.9. The van der Waals surface area contributed by atoms with Crippen molar-refractivity contribution in [3.63, 3.8) is 0 Å². The number of amides is 3. The first kappa shape index (κ1) is 32.5. The minimum absolute atomic E-state index is 0.0507. The first-order chi connectivity index (χ1) is 20.9. The molecule has 3 aliphatic heterocycles. The van der Waals surface area contributed by atoms with Crippen LogP contribution in [0.25, 0.3) is 0 Å². The highest BCUT2D eigenvalue weighted by atomic mass is 32.2. The quantitative estimate of drug-likeness (QED) is 0.189. The second kappa shape index (κ2) is 13.6. The van der Waals surface area contributed by atoms with E-state index in [1.165, 1.54) is 13.0 Å². The summed E-state index contributed by atoms with van der Waals surface area (Å²) in [5, 5.41) is 11.4. The maximum Gasteiger partial charge on any atom is 0.243 e. The Bertz CT molecular complexity index is 1370. The molecule has 5 rings (SSSR count). The zero-order valence-electron chi connectivity index (χ0n) is 25.3. The fourth-order valence-corrected chi connectivity index (χ4v) is 7.45. The van der Waals surface area contributed by atoms with Gasteiger partial charge in [-0.2, -0.15) is 0 Å². The van der Waals surface area contributed by atoms with Crippen LogP contribution in [0.3, 0.4) is 0 Å². The summed E-state index contributed by atoms with van der Waals surface area (Å²) in [7, 11) is -3.60. The fourth-order valence-electron chi connectivity index (χ4n) is 6.17. The number of hydrogen-bond donors (Lipinski definition) is 5. The molecule has 1 aliphatic carbocycles. The Balaban J connectivity index is 1.33. The molecule has 0 radical (unpaired) electrons. The van der Waals surface area contributed by atoms with Crippen LogP contribution in [0.5, 0.6) is 0 Å².